The van der Waals surface area contributed by atoms with E-state index in [9.17, 15) is 21.0 Å². The molecule has 13 rings (SSSR count). The molecule has 12 nitrogen and oxygen atoms in total. The molecule has 0 aliphatic heterocycles. The highest BCUT2D eigenvalue weighted by molar-refractivity contribution is 6.40. The Bertz CT molecular complexity index is 3950. The lowest BCUT2D eigenvalue weighted by Gasteiger charge is -2.12. The van der Waals surface area contributed by atoms with Crippen molar-refractivity contribution in [3.05, 3.63) is 108 Å². The first-order valence-electron chi connectivity index (χ1n) is 17.5. The van der Waals surface area contributed by atoms with Gasteiger partial charge in [0.05, 0.1) is 67.5 Å². The Morgan fingerprint density at radius 3 is 1.23 bits per heavy atom. The van der Waals surface area contributed by atoms with E-state index in [0.29, 0.717) is 55.6 Å². The lowest BCUT2D eigenvalue weighted by Crippen LogP contribution is -1.96. The van der Waals surface area contributed by atoms with Gasteiger partial charge in [0.25, 0.3) is 0 Å². The first-order valence-corrected chi connectivity index (χ1v) is 17.5. The van der Waals surface area contributed by atoms with Gasteiger partial charge in [-0.15, -0.1) is 0 Å². The molecule has 9 heterocycles. The van der Waals surface area contributed by atoms with E-state index < -0.39 is 0 Å². The van der Waals surface area contributed by atoms with Crippen LogP contribution >= 0.6 is 0 Å². The molecule has 9 aromatic heterocycles. The van der Waals surface area contributed by atoms with Crippen LogP contribution in [0.4, 0.5) is 0 Å². The van der Waals surface area contributed by atoms with Gasteiger partial charge < -0.3 is 0 Å². The molecule has 0 aliphatic carbocycles. The molecule has 4 aromatic carbocycles. The molecular weight excluding hydrogens is 697 g/mol. The lowest BCUT2D eigenvalue weighted by molar-refractivity contribution is 1.24. The first kappa shape index (κ1) is 28.7. The maximum atomic E-state index is 10.4. The largest absolute Gasteiger partial charge is 0.290 e. The number of nitriles is 4. The molecule has 13 aromatic rings. The second kappa shape index (κ2) is 9.57. The van der Waals surface area contributed by atoms with Gasteiger partial charge in [0.2, 0.25) is 0 Å². The average Bonchev–Trinajstić information content (AvgIpc) is 3.98. The summed E-state index contributed by atoms with van der Waals surface area (Å²) in [6, 6.07) is 24.1. The number of pyridine rings is 4. The molecule has 0 bridgehead atoms. The monoisotopic (exact) mass is 710 g/mol. The van der Waals surface area contributed by atoms with Crippen molar-refractivity contribution in [2.24, 2.45) is 0 Å². The van der Waals surface area contributed by atoms with Crippen LogP contribution in [0.3, 0.4) is 0 Å². The van der Waals surface area contributed by atoms with Gasteiger partial charge in [-0.3, -0.25) is 18.8 Å². The molecule has 0 amide bonds. The summed E-state index contributed by atoms with van der Waals surface area (Å²) in [5.41, 5.74) is 8.70. The predicted molar refractivity (Wildman–Crippen MR) is 211 cm³/mol. The third-order valence-electron chi connectivity index (χ3n) is 11.4. The predicted octanol–water partition coefficient (Wildman–Crippen LogP) is 8.46. The van der Waals surface area contributed by atoms with E-state index in [1.807, 2.05) is 60.9 Å². The van der Waals surface area contributed by atoms with Gasteiger partial charge in [0, 0.05) is 102 Å². The number of aromatic nitrogens is 8. The molecule has 250 valence electrons. The zero-order valence-corrected chi connectivity index (χ0v) is 28.4. The van der Waals surface area contributed by atoms with E-state index in [1.54, 1.807) is 24.8 Å². The number of fused-ring (bicyclic) bond motifs is 22. The first-order chi connectivity index (χ1) is 27.6. The minimum Gasteiger partial charge on any atom is -0.290 e. The summed E-state index contributed by atoms with van der Waals surface area (Å²) in [5, 5.41) is 50.2. The average molecular weight is 711 g/mol. The molecule has 0 fully saturated rings. The summed E-state index contributed by atoms with van der Waals surface area (Å²) >= 11 is 0. The Balaban J connectivity index is 1.43. The van der Waals surface area contributed by atoms with Crippen molar-refractivity contribution in [1.29, 1.82) is 21.0 Å². The number of hydrogen-bond donors (Lipinski definition) is 0. The number of benzene rings is 4. The Hall–Kier alpha value is -8.84. The van der Waals surface area contributed by atoms with Crippen LogP contribution in [0.2, 0.25) is 0 Å². The van der Waals surface area contributed by atoms with E-state index in [4.69, 9.17) is 19.9 Å². The van der Waals surface area contributed by atoms with E-state index in [1.165, 1.54) is 0 Å². The molecule has 0 aliphatic rings. The molecule has 0 N–H and O–H groups in total. The zero-order chi connectivity index (χ0) is 37.1. The van der Waals surface area contributed by atoms with E-state index in [2.05, 4.69) is 43.0 Å². The molecule has 0 unspecified atom stereocenters. The van der Waals surface area contributed by atoms with Crippen molar-refractivity contribution in [2.75, 3.05) is 0 Å². The quantitative estimate of drug-likeness (QED) is 0.109. The third kappa shape index (κ3) is 3.15. The van der Waals surface area contributed by atoms with Crippen LogP contribution in [0.1, 0.15) is 22.3 Å². The number of nitrogens with zero attached hydrogens (tertiary/aromatic N) is 12. The van der Waals surface area contributed by atoms with Crippen molar-refractivity contribution in [2.45, 2.75) is 0 Å². The molecule has 0 saturated heterocycles. The van der Waals surface area contributed by atoms with Crippen molar-refractivity contribution in [3.8, 4) is 24.3 Å². The standard InChI is InChI=1S/C44H14N12/c45-11-19-5-25-27-9-21(13-47)15-51-43(27)55-39(25)29(7-19)33-37-38(54-36-24-2-4-50-18-32(24)31-17-49-3-1-23(31)35(36)53-37)34-30-8-20(12-46)6-26-28-10-22(14-48)16-52-44(28)56(40(26)30)42(34)41(33)55/h1-10,15-18H. The lowest BCUT2D eigenvalue weighted by atomic mass is 9.99. The van der Waals surface area contributed by atoms with Gasteiger partial charge in [-0.25, -0.2) is 19.9 Å². The molecular formula is C44H14N12. The Labute approximate surface area is 311 Å². The van der Waals surface area contributed by atoms with Crippen molar-refractivity contribution in [1.82, 2.24) is 38.7 Å². The maximum absolute atomic E-state index is 10.4. The minimum atomic E-state index is 0.401. The van der Waals surface area contributed by atoms with Gasteiger partial charge in [-0.1, -0.05) is 0 Å². The highest BCUT2D eigenvalue weighted by Crippen LogP contribution is 2.50. The summed E-state index contributed by atoms with van der Waals surface area (Å²) in [5.74, 6) is 0. The summed E-state index contributed by atoms with van der Waals surface area (Å²) in [7, 11) is 0. The third-order valence-corrected chi connectivity index (χ3v) is 11.4. The smallest absolute Gasteiger partial charge is 0.145 e. The van der Waals surface area contributed by atoms with Crippen LogP contribution in [-0.4, -0.2) is 38.7 Å². The van der Waals surface area contributed by atoms with Gasteiger partial charge in [-0.2, -0.15) is 21.0 Å². The summed E-state index contributed by atoms with van der Waals surface area (Å²) in [6.07, 6.45) is 10.3. The highest BCUT2D eigenvalue weighted by atomic mass is 15.0. The Kier molecular flexibility index (Phi) is 4.91. The fraction of sp³-hybridized carbons (Fsp3) is 0. The fourth-order valence-corrected chi connectivity index (χ4v) is 9.31. The van der Waals surface area contributed by atoms with E-state index in [0.717, 1.165) is 86.7 Å². The molecule has 0 spiro atoms. The van der Waals surface area contributed by atoms with Crippen LogP contribution in [0.25, 0.3) is 120 Å². The second-order valence-corrected chi connectivity index (χ2v) is 14.1. The summed E-state index contributed by atoms with van der Waals surface area (Å²) < 4.78 is 4.21. The highest BCUT2D eigenvalue weighted by Gasteiger charge is 2.30. The summed E-state index contributed by atoms with van der Waals surface area (Å²) in [4.78, 5) is 29.8. The molecule has 0 atom stereocenters. The van der Waals surface area contributed by atoms with Crippen LogP contribution in [-0.2, 0) is 0 Å². The van der Waals surface area contributed by atoms with Crippen LogP contribution in [0, 0.1) is 45.3 Å². The minimum absolute atomic E-state index is 0.401. The van der Waals surface area contributed by atoms with Crippen LogP contribution in [0.15, 0.2) is 85.7 Å². The molecule has 0 saturated carbocycles. The van der Waals surface area contributed by atoms with Crippen molar-refractivity contribution >= 4 is 120 Å². The van der Waals surface area contributed by atoms with Crippen molar-refractivity contribution < 1.29 is 0 Å². The van der Waals surface area contributed by atoms with Crippen molar-refractivity contribution in [3.63, 3.8) is 0 Å². The van der Waals surface area contributed by atoms with E-state index >= 15 is 0 Å². The maximum Gasteiger partial charge on any atom is 0.145 e. The van der Waals surface area contributed by atoms with Gasteiger partial charge in [-0.05, 0) is 48.5 Å². The Morgan fingerprint density at radius 2 is 0.804 bits per heavy atom. The second-order valence-electron chi connectivity index (χ2n) is 14.1. The Morgan fingerprint density at radius 1 is 0.393 bits per heavy atom. The molecule has 0 radical (unpaired) electrons. The number of hydrogen-bond acceptors (Lipinski definition) is 10. The SMILES string of the molecule is N#Cc1cnc2c(c1)c1cc(C#N)cc3c4c5nc6c7ccncc7c7cnccc7c6nc5c5c6cc(C#N)cc7c8cc(C#N)cnc8n(c76)c5c4n2c13. The molecule has 56 heavy (non-hydrogen) atoms. The van der Waals surface area contributed by atoms with Gasteiger partial charge >= 0.3 is 0 Å². The van der Waals surface area contributed by atoms with Gasteiger partial charge in [0.1, 0.15) is 34.5 Å². The fourth-order valence-electron chi connectivity index (χ4n) is 9.31. The molecule has 12 heteroatoms. The topological polar surface area (TPSA) is 181 Å². The van der Waals surface area contributed by atoms with Crippen LogP contribution in [0.5, 0.6) is 0 Å². The normalized spacial score (nSPS) is 12.2. The zero-order valence-electron chi connectivity index (χ0n) is 28.4. The van der Waals surface area contributed by atoms with Gasteiger partial charge in [0.15, 0.2) is 0 Å². The van der Waals surface area contributed by atoms with E-state index in [-0.39, 0.29) is 0 Å². The summed E-state index contributed by atoms with van der Waals surface area (Å²) in [6.45, 7) is 0. The van der Waals surface area contributed by atoms with Crippen LogP contribution < -0.4 is 0 Å². The number of rotatable bonds is 0.